The molecule has 1 aliphatic heterocycles. The molecule has 2 aromatic rings. The van der Waals surface area contributed by atoms with Crippen LogP contribution >= 0.6 is 0 Å². The minimum Gasteiger partial charge on any atom is -0.340 e. The highest BCUT2D eigenvalue weighted by molar-refractivity contribution is 5.78. The number of aromatic nitrogens is 3. The average molecular weight is 355 g/mol. The van der Waals surface area contributed by atoms with Crippen LogP contribution in [0.5, 0.6) is 0 Å². The maximum absolute atomic E-state index is 12.5. The molecule has 0 unspecified atom stereocenters. The third-order valence-electron chi connectivity index (χ3n) is 5.36. The molecule has 1 aliphatic rings. The first-order chi connectivity index (χ1) is 12.6. The molecule has 0 saturated carbocycles. The van der Waals surface area contributed by atoms with E-state index in [1.807, 2.05) is 28.8 Å². The Morgan fingerprint density at radius 3 is 2.38 bits per heavy atom. The van der Waals surface area contributed by atoms with Crippen LogP contribution in [0.3, 0.4) is 0 Å². The molecule has 0 N–H and O–H groups in total. The number of nitrogens with zero attached hydrogens (tertiary/aromatic N) is 5. The van der Waals surface area contributed by atoms with Gasteiger partial charge in [0.1, 0.15) is 0 Å². The van der Waals surface area contributed by atoms with Crippen LogP contribution in [0.4, 0.5) is 0 Å². The number of carbonyl (C=O) groups is 1. The van der Waals surface area contributed by atoms with E-state index in [1.165, 1.54) is 5.69 Å². The summed E-state index contributed by atoms with van der Waals surface area (Å²) in [6, 6.07) is 6.11. The molecular formula is C20H29N5O. The zero-order chi connectivity index (χ0) is 18.5. The fourth-order valence-electron chi connectivity index (χ4n) is 3.57. The Kier molecular flexibility index (Phi) is 6.04. The number of hydrogen-bond acceptors (Lipinski definition) is 4. The van der Waals surface area contributed by atoms with Crippen molar-refractivity contribution in [2.75, 3.05) is 26.2 Å². The SMILES string of the molecule is CCC(CC)C(=O)N1CCN(Cc2cc(-c3ccncc3)nn2C)CC1. The summed E-state index contributed by atoms with van der Waals surface area (Å²) in [5.41, 5.74) is 3.26. The van der Waals surface area contributed by atoms with Crippen molar-refractivity contribution in [3.8, 4) is 11.3 Å². The number of hydrogen-bond donors (Lipinski definition) is 0. The molecule has 1 fully saturated rings. The molecule has 6 heteroatoms. The van der Waals surface area contributed by atoms with Gasteiger partial charge in [-0.2, -0.15) is 5.10 Å². The molecule has 3 rings (SSSR count). The highest BCUT2D eigenvalue weighted by Crippen LogP contribution is 2.20. The molecule has 26 heavy (non-hydrogen) atoms. The lowest BCUT2D eigenvalue weighted by atomic mass is 10.0. The van der Waals surface area contributed by atoms with Crippen LogP contribution in [-0.4, -0.2) is 56.7 Å². The number of amides is 1. The van der Waals surface area contributed by atoms with Crippen molar-refractivity contribution < 1.29 is 4.79 Å². The van der Waals surface area contributed by atoms with E-state index >= 15 is 0 Å². The Balaban J connectivity index is 1.58. The normalized spacial score (nSPS) is 15.6. The molecule has 1 saturated heterocycles. The minimum absolute atomic E-state index is 0.182. The van der Waals surface area contributed by atoms with Crippen LogP contribution in [0.15, 0.2) is 30.6 Å². The Hall–Kier alpha value is -2.21. The zero-order valence-corrected chi connectivity index (χ0v) is 16.1. The van der Waals surface area contributed by atoms with E-state index in [-0.39, 0.29) is 5.92 Å². The van der Waals surface area contributed by atoms with Crippen LogP contribution in [0.25, 0.3) is 11.3 Å². The molecule has 0 bridgehead atoms. The standard InChI is InChI=1S/C20H29N5O/c1-4-16(5-2)20(26)25-12-10-24(11-13-25)15-18-14-19(22-23(18)3)17-6-8-21-9-7-17/h6-9,14,16H,4-5,10-13,15H2,1-3H3. The van der Waals surface area contributed by atoms with Crippen LogP contribution in [0, 0.1) is 5.92 Å². The summed E-state index contributed by atoms with van der Waals surface area (Å²) >= 11 is 0. The highest BCUT2D eigenvalue weighted by atomic mass is 16.2. The summed E-state index contributed by atoms with van der Waals surface area (Å²) < 4.78 is 1.96. The van der Waals surface area contributed by atoms with E-state index in [0.717, 1.165) is 56.8 Å². The topological polar surface area (TPSA) is 54.3 Å². The third kappa shape index (κ3) is 4.12. The number of piperazine rings is 1. The minimum atomic E-state index is 0.182. The van der Waals surface area contributed by atoms with Gasteiger partial charge in [-0.3, -0.25) is 19.4 Å². The monoisotopic (exact) mass is 355 g/mol. The van der Waals surface area contributed by atoms with Crippen molar-refractivity contribution in [3.63, 3.8) is 0 Å². The van der Waals surface area contributed by atoms with Gasteiger partial charge >= 0.3 is 0 Å². The Labute approximate surface area is 155 Å². The van der Waals surface area contributed by atoms with E-state index in [4.69, 9.17) is 0 Å². The van der Waals surface area contributed by atoms with E-state index in [2.05, 4.69) is 34.9 Å². The van der Waals surface area contributed by atoms with Gasteiger partial charge in [-0.1, -0.05) is 13.8 Å². The predicted molar refractivity (Wildman–Crippen MR) is 102 cm³/mol. The van der Waals surface area contributed by atoms with E-state index in [1.54, 1.807) is 12.4 Å². The molecule has 0 spiro atoms. The lowest BCUT2D eigenvalue weighted by Gasteiger charge is -2.36. The summed E-state index contributed by atoms with van der Waals surface area (Å²) in [5, 5.41) is 4.63. The molecule has 0 radical (unpaired) electrons. The molecule has 0 atom stereocenters. The van der Waals surface area contributed by atoms with Crippen molar-refractivity contribution in [3.05, 3.63) is 36.3 Å². The molecule has 6 nitrogen and oxygen atoms in total. The van der Waals surface area contributed by atoms with Crippen LogP contribution in [0.1, 0.15) is 32.4 Å². The quantitative estimate of drug-likeness (QED) is 0.799. The van der Waals surface area contributed by atoms with E-state index in [0.29, 0.717) is 5.91 Å². The van der Waals surface area contributed by atoms with E-state index < -0.39 is 0 Å². The zero-order valence-electron chi connectivity index (χ0n) is 16.1. The van der Waals surface area contributed by atoms with Gasteiger partial charge < -0.3 is 4.90 Å². The average Bonchev–Trinajstić information content (AvgIpc) is 3.04. The lowest BCUT2D eigenvalue weighted by molar-refractivity contribution is -0.137. The number of carbonyl (C=O) groups excluding carboxylic acids is 1. The van der Waals surface area contributed by atoms with E-state index in [9.17, 15) is 4.79 Å². The Bertz CT molecular complexity index is 715. The second kappa shape index (κ2) is 8.45. The van der Waals surface area contributed by atoms with Crippen LogP contribution in [-0.2, 0) is 18.4 Å². The molecule has 140 valence electrons. The lowest BCUT2D eigenvalue weighted by Crippen LogP contribution is -2.50. The summed E-state index contributed by atoms with van der Waals surface area (Å²) in [6.07, 6.45) is 5.45. The second-order valence-corrected chi connectivity index (χ2v) is 7.00. The van der Waals surface area contributed by atoms with Crippen LogP contribution in [0.2, 0.25) is 0 Å². The van der Waals surface area contributed by atoms with Gasteiger partial charge in [0.2, 0.25) is 5.91 Å². The number of rotatable bonds is 6. The van der Waals surface area contributed by atoms with Gasteiger partial charge in [-0.15, -0.1) is 0 Å². The molecule has 3 heterocycles. The number of pyridine rings is 1. The first kappa shape index (κ1) is 18.6. The van der Waals surface area contributed by atoms with Gasteiger partial charge in [-0.25, -0.2) is 0 Å². The fourth-order valence-corrected chi connectivity index (χ4v) is 3.57. The van der Waals surface area contributed by atoms with Gasteiger partial charge in [0.15, 0.2) is 0 Å². The number of aryl methyl sites for hydroxylation is 1. The summed E-state index contributed by atoms with van der Waals surface area (Å²) in [5.74, 6) is 0.511. The molecule has 1 amide bonds. The van der Waals surface area contributed by atoms with Gasteiger partial charge in [0.05, 0.1) is 11.4 Å². The third-order valence-corrected chi connectivity index (χ3v) is 5.36. The van der Waals surface area contributed by atoms with Crippen molar-refractivity contribution in [2.45, 2.75) is 33.2 Å². The second-order valence-electron chi connectivity index (χ2n) is 7.00. The fraction of sp³-hybridized carbons (Fsp3) is 0.550. The highest BCUT2D eigenvalue weighted by Gasteiger charge is 2.25. The molecular weight excluding hydrogens is 326 g/mol. The molecule has 0 aliphatic carbocycles. The smallest absolute Gasteiger partial charge is 0.225 e. The predicted octanol–water partition coefficient (Wildman–Crippen LogP) is 2.56. The van der Waals surface area contributed by atoms with Crippen molar-refractivity contribution in [2.24, 2.45) is 13.0 Å². The maximum atomic E-state index is 12.5. The molecule has 2 aromatic heterocycles. The van der Waals surface area contributed by atoms with Crippen molar-refractivity contribution >= 4 is 5.91 Å². The Morgan fingerprint density at radius 1 is 1.12 bits per heavy atom. The largest absolute Gasteiger partial charge is 0.340 e. The first-order valence-electron chi connectivity index (χ1n) is 9.56. The van der Waals surface area contributed by atoms with Gasteiger partial charge in [0, 0.05) is 63.6 Å². The first-order valence-corrected chi connectivity index (χ1v) is 9.56. The van der Waals surface area contributed by atoms with Crippen molar-refractivity contribution in [1.29, 1.82) is 0 Å². The van der Waals surface area contributed by atoms with Gasteiger partial charge in [0.25, 0.3) is 0 Å². The summed E-state index contributed by atoms with van der Waals surface area (Å²) in [4.78, 5) is 21.0. The summed E-state index contributed by atoms with van der Waals surface area (Å²) in [6.45, 7) is 8.55. The summed E-state index contributed by atoms with van der Waals surface area (Å²) in [7, 11) is 1.99. The maximum Gasteiger partial charge on any atom is 0.225 e. The molecule has 0 aromatic carbocycles. The Morgan fingerprint density at radius 2 is 1.77 bits per heavy atom. The van der Waals surface area contributed by atoms with Gasteiger partial charge in [-0.05, 0) is 31.0 Å². The van der Waals surface area contributed by atoms with Crippen LogP contribution < -0.4 is 0 Å². The van der Waals surface area contributed by atoms with Crippen molar-refractivity contribution in [1.82, 2.24) is 24.6 Å².